The second-order valence-electron chi connectivity index (χ2n) is 8.50. The number of quaternary nitrogens is 1. The fourth-order valence-corrected chi connectivity index (χ4v) is 4.50. The molecule has 0 aliphatic carbocycles. The van der Waals surface area contributed by atoms with Gasteiger partial charge in [-0.1, -0.05) is 71.7 Å². The van der Waals surface area contributed by atoms with E-state index >= 15 is 0 Å². The van der Waals surface area contributed by atoms with Gasteiger partial charge in [0.05, 0.1) is 33.1 Å². The summed E-state index contributed by atoms with van der Waals surface area (Å²) in [6.45, 7) is 1.92. The van der Waals surface area contributed by atoms with Gasteiger partial charge in [-0.25, -0.2) is 4.57 Å². The van der Waals surface area contributed by atoms with Gasteiger partial charge in [0.25, 0.3) is 0 Å². The largest absolute Gasteiger partial charge is 0.425 e. The number of hydrogen-bond acceptors (Lipinski definition) is 3. The van der Waals surface area contributed by atoms with Crippen molar-refractivity contribution in [3.63, 3.8) is 0 Å². The van der Waals surface area contributed by atoms with Gasteiger partial charge in [0.1, 0.15) is 11.3 Å². The molecule has 1 aromatic heterocycles. The lowest BCUT2D eigenvalue weighted by Gasteiger charge is -2.28. The first kappa shape index (κ1) is 19.5. The highest BCUT2D eigenvalue weighted by Gasteiger charge is 2.36. The smallest absolute Gasteiger partial charge is 0.306 e. The fourth-order valence-electron chi connectivity index (χ4n) is 4.50. The number of benzene rings is 3. The molecule has 156 valence electrons. The lowest BCUT2D eigenvalue weighted by atomic mass is 9.82. The van der Waals surface area contributed by atoms with Crippen molar-refractivity contribution in [3.8, 4) is 11.6 Å². The van der Waals surface area contributed by atoms with Crippen molar-refractivity contribution < 1.29 is 14.2 Å². The predicted octanol–water partition coefficient (Wildman–Crippen LogP) is 2.93. The number of anilines is 1. The maximum absolute atomic E-state index is 6.75. The third kappa shape index (κ3) is 3.51. The first-order valence-electron chi connectivity index (χ1n) is 10.8. The number of fused-ring (bicyclic) bond motifs is 4. The van der Waals surface area contributed by atoms with E-state index in [-0.39, 0.29) is 5.92 Å². The summed E-state index contributed by atoms with van der Waals surface area (Å²) in [6, 6.07) is 23.2. The van der Waals surface area contributed by atoms with Crippen LogP contribution in [0, 0.1) is 0 Å². The molecule has 3 aromatic carbocycles. The molecule has 1 aliphatic rings. The molecule has 0 saturated heterocycles. The highest BCUT2D eigenvalue weighted by Crippen LogP contribution is 2.50. The summed E-state index contributed by atoms with van der Waals surface area (Å²) >= 11 is 0. The maximum Gasteiger partial charge on any atom is 0.306 e. The van der Waals surface area contributed by atoms with Crippen molar-refractivity contribution in [2.45, 2.75) is 18.9 Å². The second-order valence-corrected chi connectivity index (χ2v) is 8.50. The molecule has 0 bridgehead atoms. The van der Waals surface area contributed by atoms with Gasteiger partial charge in [0.15, 0.2) is 0 Å². The average Bonchev–Trinajstić information content (AvgIpc) is 2.79. The number of rotatable bonds is 5. The number of aromatic nitrogens is 2. The SMILES string of the molecule is C[NH+](C)CCC[n+]1cnc2c(c1N)[C@H](c1ccccc1)c1ccc3ccccc3c1O2. The molecule has 1 atom stereocenters. The highest BCUT2D eigenvalue weighted by molar-refractivity contribution is 5.91. The van der Waals surface area contributed by atoms with Crippen LogP contribution >= 0.6 is 0 Å². The molecular weight excluding hydrogens is 384 g/mol. The van der Waals surface area contributed by atoms with Crippen molar-refractivity contribution in [1.29, 1.82) is 0 Å². The monoisotopic (exact) mass is 412 g/mol. The van der Waals surface area contributed by atoms with Crippen LogP contribution in [0.25, 0.3) is 10.8 Å². The molecule has 0 unspecified atom stereocenters. The Bertz CT molecular complexity index is 1240. The average molecular weight is 413 g/mol. The van der Waals surface area contributed by atoms with Gasteiger partial charge >= 0.3 is 5.88 Å². The normalized spacial score (nSPS) is 14.9. The fraction of sp³-hybridized carbons (Fsp3) is 0.231. The summed E-state index contributed by atoms with van der Waals surface area (Å²) in [6.07, 6.45) is 2.85. The van der Waals surface area contributed by atoms with E-state index < -0.39 is 0 Å². The van der Waals surface area contributed by atoms with Crippen molar-refractivity contribution in [2.24, 2.45) is 0 Å². The van der Waals surface area contributed by atoms with Crippen LogP contribution in [0.3, 0.4) is 0 Å². The molecule has 31 heavy (non-hydrogen) atoms. The molecule has 0 saturated carbocycles. The number of hydrogen-bond donors (Lipinski definition) is 2. The van der Waals surface area contributed by atoms with Crippen LogP contribution in [0.4, 0.5) is 5.82 Å². The van der Waals surface area contributed by atoms with Gasteiger partial charge in [-0.3, -0.25) is 0 Å². The van der Waals surface area contributed by atoms with E-state index in [1.807, 2.05) is 18.5 Å². The molecule has 0 spiro atoms. The number of nitrogens with two attached hydrogens (primary N) is 1. The van der Waals surface area contributed by atoms with Crippen LogP contribution in [0.5, 0.6) is 11.6 Å². The zero-order valence-corrected chi connectivity index (χ0v) is 18.0. The molecule has 4 aromatic rings. The van der Waals surface area contributed by atoms with E-state index in [9.17, 15) is 0 Å². The molecule has 2 heterocycles. The summed E-state index contributed by atoms with van der Waals surface area (Å²) in [5.74, 6) is 2.18. The third-order valence-electron chi connectivity index (χ3n) is 6.05. The summed E-state index contributed by atoms with van der Waals surface area (Å²) < 4.78 is 8.48. The summed E-state index contributed by atoms with van der Waals surface area (Å²) in [4.78, 5) is 6.14. The molecule has 0 radical (unpaired) electrons. The Labute approximate surface area is 182 Å². The van der Waals surface area contributed by atoms with Crippen molar-refractivity contribution in [3.05, 3.63) is 89.7 Å². The van der Waals surface area contributed by atoms with Crippen LogP contribution < -0.4 is 19.9 Å². The van der Waals surface area contributed by atoms with Gasteiger partial charge in [-0.15, -0.1) is 0 Å². The van der Waals surface area contributed by atoms with Crippen LogP contribution in [0.2, 0.25) is 0 Å². The van der Waals surface area contributed by atoms with E-state index in [1.54, 1.807) is 0 Å². The molecule has 1 aliphatic heterocycles. The Hall–Kier alpha value is -3.44. The second kappa shape index (κ2) is 8.00. The predicted molar refractivity (Wildman–Crippen MR) is 123 cm³/mol. The minimum atomic E-state index is -0.0241. The highest BCUT2D eigenvalue weighted by atomic mass is 16.5. The zero-order valence-electron chi connectivity index (χ0n) is 18.0. The maximum atomic E-state index is 6.75. The van der Waals surface area contributed by atoms with Crippen molar-refractivity contribution >= 4 is 16.6 Å². The molecular formula is C26H28N4O+2. The van der Waals surface area contributed by atoms with Crippen LogP contribution in [-0.4, -0.2) is 25.6 Å². The van der Waals surface area contributed by atoms with Crippen LogP contribution in [0.15, 0.2) is 73.1 Å². The van der Waals surface area contributed by atoms with Gasteiger partial charge in [0.2, 0.25) is 12.1 Å². The van der Waals surface area contributed by atoms with E-state index in [0.29, 0.717) is 5.88 Å². The topological polar surface area (TPSA) is 56.5 Å². The van der Waals surface area contributed by atoms with Gasteiger partial charge < -0.3 is 15.4 Å². The lowest BCUT2D eigenvalue weighted by Crippen LogP contribution is -3.05. The standard InChI is InChI=1S/C26H26N4O/c1-29(2)15-8-16-30-17-28-26-23(25(30)27)22(19-10-4-3-5-11-19)21-14-13-18-9-6-7-12-20(18)24(21)31-26/h3-7,9-14,17,22,27H,8,15-16H2,1-2H3/p+2/t22-/m1/s1. The minimum Gasteiger partial charge on any atom is -0.425 e. The Kier molecular flexibility index (Phi) is 5.04. The van der Waals surface area contributed by atoms with E-state index in [1.165, 1.54) is 10.5 Å². The summed E-state index contributed by atoms with van der Waals surface area (Å²) in [5.41, 5.74) is 10.0. The van der Waals surface area contributed by atoms with E-state index in [2.05, 4.69) is 73.3 Å². The van der Waals surface area contributed by atoms with Crippen molar-refractivity contribution in [2.75, 3.05) is 26.4 Å². The number of nitrogens with one attached hydrogen (secondary N) is 1. The number of nitrogens with zero attached hydrogens (tertiary/aromatic N) is 2. The Balaban J connectivity index is 1.68. The summed E-state index contributed by atoms with van der Waals surface area (Å²) in [7, 11) is 4.33. The Morgan fingerprint density at radius 3 is 2.58 bits per heavy atom. The number of aryl methyl sites for hydroxylation is 1. The molecule has 0 fully saturated rings. The molecule has 5 heteroatoms. The molecule has 5 nitrogen and oxygen atoms in total. The van der Waals surface area contributed by atoms with E-state index in [4.69, 9.17) is 15.5 Å². The first-order chi connectivity index (χ1) is 15.1. The van der Waals surface area contributed by atoms with Gasteiger partial charge in [0, 0.05) is 17.4 Å². The number of ether oxygens (including phenoxy) is 1. The molecule has 3 N–H and O–H groups in total. The molecule has 0 amide bonds. The zero-order chi connectivity index (χ0) is 21.4. The Morgan fingerprint density at radius 2 is 1.77 bits per heavy atom. The van der Waals surface area contributed by atoms with Crippen molar-refractivity contribution in [1.82, 2.24) is 4.98 Å². The third-order valence-corrected chi connectivity index (χ3v) is 6.05. The first-order valence-corrected chi connectivity index (χ1v) is 10.8. The van der Waals surface area contributed by atoms with Crippen LogP contribution in [0.1, 0.15) is 29.0 Å². The number of nitrogen functional groups attached to an aromatic ring is 1. The Morgan fingerprint density at radius 1 is 1.00 bits per heavy atom. The quantitative estimate of drug-likeness (QED) is 0.437. The summed E-state index contributed by atoms with van der Waals surface area (Å²) in [5, 5.41) is 2.25. The van der Waals surface area contributed by atoms with Crippen LogP contribution in [-0.2, 0) is 6.54 Å². The van der Waals surface area contributed by atoms with E-state index in [0.717, 1.165) is 53.0 Å². The van der Waals surface area contributed by atoms with Gasteiger partial charge in [-0.05, 0) is 10.9 Å². The lowest BCUT2D eigenvalue weighted by molar-refractivity contribution is -0.861. The van der Waals surface area contributed by atoms with Gasteiger partial charge in [-0.2, -0.15) is 0 Å². The molecule has 5 rings (SSSR count). The minimum absolute atomic E-state index is 0.0241.